The molecule has 0 unspecified atom stereocenters. The first-order valence-electron chi connectivity index (χ1n) is 5.09. The van der Waals surface area contributed by atoms with Crippen LogP contribution in [0.3, 0.4) is 0 Å². The second-order valence-corrected chi connectivity index (χ2v) is 3.48. The number of nitrogens with two attached hydrogens (primary N) is 1. The van der Waals surface area contributed by atoms with Crippen molar-refractivity contribution in [2.45, 2.75) is 6.54 Å². The highest BCUT2D eigenvalue weighted by atomic mass is 19.1. The van der Waals surface area contributed by atoms with Crippen LogP contribution in [0.5, 0.6) is 5.75 Å². The average molecular weight is 233 g/mol. The van der Waals surface area contributed by atoms with E-state index in [1.165, 1.54) is 13.2 Å². The molecule has 0 amide bonds. The topological polar surface area (TPSA) is 61.0 Å². The summed E-state index contributed by atoms with van der Waals surface area (Å²) in [5.41, 5.74) is 7.91. The fourth-order valence-electron chi connectivity index (χ4n) is 1.60. The summed E-state index contributed by atoms with van der Waals surface area (Å²) in [4.78, 5) is 0. The summed E-state index contributed by atoms with van der Waals surface area (Å²) in [5, 5.41) is 7.53. The van der Waals surface area contributed by atoms with Crippen molar-refractivity contribution < 1.29 is 9.13 Å². The van der Waals surface area contributed by atoms with Crippen LogP contribution in [0.15, 0.2) is 30.6 Å². The molecule has 0 bridgehead atoms. The third-order valence-corrected chi connectivity index (χ3v) is 2.50. The smallest absolute Gasteiger partial charge is 0.165 e. The molecule has 2 N–H and O–H groups in total. The highest BCUT2D eigenvalue weighted by Crippen LogP contribution is 2.26. The maximum atomic E-state index is 13.6. The minimum atomic E-state index is -0.412. The zero-order chi connectivity index (χ0) is 12.3. The van der Waals surface area contributed by atoms with Gasteiger partial charge < -0.3 is 10.5 Å². The van der Waals surface area contributed by atoms with Gasteiger partial charge in [0.25, 0.3) is 0 Å². The summed E-state index contributed by atoms with van der Waals surface area (Å²) in [5.74, 6) is -0.199. The Balaban J connectivity index is 2.49. The molecular formula is C12H12FN3O. The highest BCUT2D eigenvalue weighted by molar-refractivity contribution is 5.66. The molecule has 0 saturated heterocycles. The van der Waals surface area contributed by atoms with Crippen molar-refractivity contribution in [3.63, 3.8) is 0 Å². The molecule has 17 heavy (non-hydrogen) atoms. The van der Waals surface area contributed by atoms with Gasteiger partial charge in [0.15, 0.2) is 11.6 Å². The van der Waals surface area contributed by atoms with Crippen molar-refractivity contribution in [3.8, 4) is 16.9 Å². The van der Waals surface area contributed by atoms with Gasteiger partial charge in [0, 0.05) is 12.1 Å². The number of rotatable bonds is 3. The molecule has 88 valence electrons. The first-order valence-corrected chi connectivity index (χ1v) is 5.09. The molecule has 0 aliphatic heterocycles. The lowest BCUT2D eigenvalue weighted by molar-refractivity contribution is 0.386. The van der Waals surface area contributed by atoms with E-state index in [0.717, 1.165) is 11.1 Å². The van der Waals surface area contributed by atoms with E-state index in [9.17, 15) is 4.39 Å². The summed E-state index contributed by atoms with van der Waals surface area (Å²) < 4.78 is 18.4. The van der Waals surface area contributed by atoms with Crippen molar-refractivity contribution in [2.24, 2.45) is 5.73 Å². The van der Waals surface area contributed by atoms with Gasteiger partial charge in [-0.2, -0.15) is 10.2 Å². The van der Waals surface area contributed by atoms with Crippen molar-refractivity contribution in [3.05, 3.63) is 42.0 Å². The van der Waals surface area contributed by atoms with E-state index in [-0.39, 0.29) is 5.75 Å². The Morgan fingerprint density at radius 3 is 2.71 bits per heavy atom. The lowest BCUT2D eigenvalue weighted by Gasteiger charge is -2.08. The molecule has 1 aromatic heterocycles. The Kier molecular flexibility index (Phi) is 3.30. The van der Waals surface area contributed by atoms with Crippen LogP contribution in [0.25, 0.3) is 11.1 Å². The molecule has 0 radical (unpaired) electrons. The summed E-state index contributed by atoms with van der Waals surface area (Å²) in [6.07, 6.45) is 3.15. The molecule has 0 saturated carbocycles. The number of hydrogen-bond acceptors (Lipinski definition) is 4. The van der Waals surface area contributed by atoms with Gasteiger partial charge >= 0.3 is 0 Å². The van der Waals surface area contributed by atoms with E-state index in [2.05, 4.69) is 10.2 Å². The molecule has 0 spiro atoms. The zero-order valence-electron chi connectivity index (χ0n) is 9.35. The monoisotopic (exact) mass is 233 g/mol. The van der Waals surface area contributed by atoms with Gasteiger partial charge in [-0.25, -0.2) is 4.39 Å². The van der Waals surface area contributed by atoms with E-state index >= 15 is 0 Å². The Labute approximate surface area is 98.2 Å². The second-order valence-electron chi connectivity index (χ2n) is 3.48. The molecular weight excluding hydrogens is 221 g/mol. The first-order chi connectivity index (χ1) is 8.26. The maximum Gasteiger partial charge on any atom is 0.165 e. The van der Waals surface area contributed by atoms with E-state index < -0.39 is 5.82 Å². The molecule has 1 heterocycles. The predicted octanol–water partition coefficient (Wildman–Crippen LogP) is 1.75. The predicted molar refractivity (Wildman–Crippen MR) is 61.9 cm³/mol. The molecule has 4 nitrogen and oxygen atoms in total. The Morgan fingerprint density at radius 1 is 1.29 bits per heavy atom. The van der Waals surface area contributed by atoms with Crippen LogP contribution in [-0.2, 0) is 6.54 Å². The fourth-order valence-corrected chi connectivity index (χ4v) is 1.60. The molecule has 0 aliphatic rings. The molecule has 2 aromatic rings. The Hall–Kier alpha value is -2.01. The minimum absolute atomic E-state index is 0.213. The summed E-state index contributed by atoms with van der Waals surface area (Å²) in [6.45, 7) is 0.332. The van der Waals surface area contributed by atoms with Crippen LogP contribution in [0, 0.1) is 5.82 Å². The molecule has 1 aromatic carbocycles. The van der Waals surface area contributed by atoms with E-state index in [0.29, 0.717) is 12.1 Å². The summed E-state index contributed by atoms with van der Waals surface area (Å²) in [7, 11) is 1.43. The molecule has 0 aliphatic carbocycles. The Bertz CT molecular complexity index is 531. The third-order valence-electron chi connectivity index (χ3n) is 2.50. The molecule has 2 rings (SSSR count). The van der Waals surface area contributed by atoms with Gasteiger partial charge in [-0.15, -0.1) is 0 Å². The van der Waals surface area contributed by atoms with Crippen LogP contribution in [0.4, 0.5) is 4.39 Å². The summed E-state index contributed by atoms with van der Waals surface area (Å²) >= 11 is 0. The van der Waals surface area contributed by atoms with Crippen molar-refractivity contribution in [2.75, 3.05) is 7.11 Å². The van der Waals surface area contributed by atoms with Crippen LogP contribution in [0.1, 0.15) is 5.56 Å². The fraction of sp³-hybridized carbons (Fsp3) is 0.167. The minimum Gasteiger partial charge on any atom is -0.494 e. The van der Waals surface area contributed by atoms with Crippen molar-refractivity contribution in [1.82, 2.24) is 10.2 Å². The van der Waals surface area contributed by atoms with Gasteiger partial charge in [0.1, 0.15) is 0 Å². The highest BCUT2D eigenvalue weighted by Gasteiger charge is 2.08. The van der Waals surface area contributed by atoms with Crippen LogP contribution >= 0.6 is 0 Å². The first kappa shape index (κ1) is 11.5. The lowest BCUT2D eigenvalue weighted by Crippen LogP contribution is -2.01. The molecule has 0 atom stereocenters. The zero-order valence-corrected chi connectivity index (χ0v) is 9.35. The third kappa shape index (κ3) is 2.24. The lowest BCUT2D eigenvalue weighted by atomic mass is 10.0. The van der Waals surface area contributed by atoms with Gasteiger partial charge in [0.2, 0.25) is 0 Å². The Morgan fingerprint density at radius 2 is 2.06 bits per heavy atom. The number of halogens is 1. The maximum absolute atomic E-state index is 13.6. The number of hydrogen-bond donors (Lipinski definition) is 1. The number of benzene rings is 1. The van der Waals surface area contributed by atoms with Crippen LogP contribution in [-0.4, -0.2) is 17.3 Å². The number of ether oxygens (including phenoxy) is 1. The van der Waals surface area contributed by atoms with Gasteiger partial charge in [-0.3, -0.25) is 0 Å². The van der Waals surface area contributed by atoms with E-state index in [4.69, 9.17) is 10.5 Å². The van der Waals surface area contributed by atoms with Crippen LogP contribution in [0.2, 0.25) is 0 Å². The standard InChI is InChI=1S/C12H12FN3O/c1-17-12-3-2-8(4-11(12)13)10-7-16-15-6-9(10)5-14/h2-4,6-7H,5,14H2,1H3. The van der Waals surface area contributed by atoms with Crippen LogP contribution < -0.4 is 10.5 Å². The second kappa shape index (κ2) is 4.88. The van der Waals surface area contributed by atoms with Gasteiger partial charge in [-0.1, -0.05) is 6.07 Å². The number of nitrogens with zero attached hydrogens (tertiary/aromatic N) is 2. The van der Waals surface area contributed by atoms with Crippen molar-refractivity contribution >= 4 is 0 Å². The molecule has 5 heteroatoms. The number of methoxy groups -OCH3 is 1. The normalized spacial score (nSPS) is 10.3. The van der Waals surface area contributed by atoms with E-state index in [1.54, 1.807) is 24.5 Å². The average Bonchev–Trinajstić information content (AvgIpc) is 2.38. The summed E-state index contributed by atoms with van der Waals surface area (Å²) in [6, 6.07) is 4.73. The molecule has 0 fully saturated rings. The van der Waals surface area contributed by atoms with Crippen molar-refractivity contribution in [1.29, 1.82) is 0 Å². The SMILES string of the molecule is COc1ccc(-c2cnncc2CN)cc1F. The largest absolute Gasteiger partial charge is 0.494 e. The van der Waals surface area contributed by atoms with Gasteiger partial charge in [-0.05, 0) is 23.3 Å². The number of aromatic nitrogens is 2. The quantitative estimate of drug-likeness (QED) is 0.877. The van der Waals surface area contributed by atoms with E-state index in [1.807, 2.05) is 0 Å². The van der Waals surface area contributed by atoms with Gasteiger partial charge in [0.05, 0.1) is 19.5 Å².